The summed E-state index contributed by atoms with van der Waals surface area (Å²) in [6.07, 6.45) is 0. The molecule has 0 atom stereocenters. The van der Waals surface area contributed by atoms with E-state index in [1.54, 1.807) is 0 Å². The molecule has 1 N–H and O–H groups in total. The molecule has 0 aliphatic carbocycles. The van der Waals surface area contributed by atoms with Crippen LogP contribution in [0.2, 0.25) is 0 Å². The quantitative estimate of drug-likeness (QED) is 0.211. The van der Waals surface area contributed by atoms with E-state index in [2.05, 4.69) is 187 Å². The standard InChI is InChI=1S/C38H33N3/c1-29-11-9-17-37(27-29)40(33-13-5-3-6-14-33)35-23-19-31(20-24-35)39-32-21-25-36(26-22-32)41(34-15-7-4-8-16-34)38-18-10-12-30(2)28-38/h3-28,39H,1-2H3. The maximum atomic E-state index is 3.58. The lowest BCUT2D eigenvalue weighted by atomic mass is 10.1. The van der Waals surface area contributed by atoms with Crippen molar-refractivity contribution in [2.24, 2.45) is 0 Å². The van der Waals surface area contributed by atoms with Crippen LogP contribution >= 0.6 is 0 Å². The van der Waals surface area contributed by atoms with Crippen molar-refractivity contribution in [1.82, 2.24) is 0 Å². The summed E-state index contributed by atoms with van der Waals surface area (Å²) >= 11 is 0. The van der Waals surface area contributed by atoms with Crippen LogP contribution in [0.25, 0.3) is 0 Å². The van der Waals surface area contributed by atoms with E-state index in [1.807, 2.05) is 0 Å². The highest BCUT2D eigenvalue weighted by atomic mass is 15.1. The molecule has 0 heterocycles. The Bertz CT molecular complexity index is 1580. The molecule has 0 saturated carbocycles. The lowest BCUT2D eigenvalue weighted by Crippen LogP contribution is -2.10. The number of hydrogen-bond acceptors (Lipinski definition) is 3. The number of aryl methyl sites for hydroxylation is 2. The zero-order valence-electron chi connectivity index (χ0n) is 23.4. The molecule has 6 aromatic rings. The molecule has 0 aliphatic rings. The Morgan fingerprint density at radius 1 is 0.341 bits per heavy atom. The third-order valence-corrected chi connectivity index (χ3v) is 7.09. The van der Waals surface area contributed by atoms with Gasteiger partial charge >= 0.3 is 0 Å². The van der Waals surface area contributed by atoms with Crippen molar-refractivity contribution in [3.05, 3.63) is 169 Å². The number of nitrogens with zero attached hydrogens (tertiary/aromatic N) is 2. The molecule has 41 heavy (non-hydrogen) atoms. The number of benzene rings is 6. The van der Waals surface area contributed by atoms with Crippen LogP contribution in [-0.4, -0.2) is 0 Å². The van der Waals surface area contributed by atoms with Gasteiger partial charge in [0.1, 0.15) is 0 Å². The van der Waals surface area contributed by atoms with Crippen molar-refractivity contribution < 1.29 is 0 Å². The average Bonchev–Trinajstić information content (AvgIpc) is 3.00. The van der Waals surface area contributed by atoms with E-state index in [0.29, 0.717) is 0 Å². The van der Waals surface area contributed by atoms with Crippen LogP contribution in [0, 0.1) is 13.8 Å². The molecule has 0 aliphatic heterocycles. The van der Waals surface area contributed by atoms with Crippen LogP contribution < -0.4 is 15.1 Å². The maximum absolute atomic E-state index is 3.58. The Balaban J connectivity index is 1.25. The summed E-state index contributed by atoms with van der Waals surface area (Å²) < 4.78 is 0. The minimum Gasteiger partial charge on any atom is -0.356 e. The molecule has 0 spiro atoms. The van der Waals surface area contributed by atoms with Gasteiger partial charge < -0.3 is 15.1 Å². The Labute approximate surface area is 243 Å². The highest BCUT2D eigenvalue weighted by Gasteiger charge is 2.14. The maximum Gasteiger partial charge on any atom is 0.0464 e. The first-order valence-corrected chi connectivity index (χ1v) is 13.9. The fraction of sp³-hybridized carbons (Fsp3) is 0.0526. The third-order valence-electron chi connectivity index (χ3n) is 7.09. The van der Waals surface area contributed by atoms with E-state index in [0.717, 1.165) is 45.5 Å². The minimum atomic E-state index is 1.04. The second-order valence-electron chi connectivity index (χ2n) is 10.2. The van der Waals surface area contributed by atoms with E-state index >= 15 is 0 Å². The van der Waals surface area contributed by atoms with E-state index in [4.69, 9.17) is 0 Å². The number of nitrogens with one attached hydrogen (secondary N) is 1. The molecule has 0 amide bonds. The first-order chi connectivity index (χ1) is 20.1. The van der Waals surface area contributed by atoms with Gasteiger partial charge in [-0.15, -0.1) is 0 Å². The largest absolute Gasteiger partial charge is 0.356 e. The second-order valence-corrected chi connectivity index (χ2v) is 10.2. The Kier molecular flexibility index (Phi) is 7.51. The van der Waals surface area contributed by atoms with Gasteiger partial charge in [-0.05, 0) is 122 Å². The first-order valence-electron chi connectivity index (χ1n) is 13.9. The van der Waals surface area contributed by atoms with E-state index in [9.17, 15) is 0 Å². The summed E-state index contributed by atoms with van der Waals surface area (Å²) in [6, 6.07) is 55.4. The molecule has 200 valence electrons. The van der Waals surface area contributed by atoms with Gasteiger partial charge in [-0.1, -0.05) is 60.7 Å². The Morgan fingerprint density at radius 3 is 1.05 bits per heavy atom. The van der Waals surface area contributed by atoms with Gasteiger partial charge in [0.05, 0.1) is 0 Å². The Morgan fingerprint density at radius 2 is 0.683 bits per heavy atom. The summed E-state index contributed by atoms with van der Waals surface area (Å²) in [6.45, 7) is 4.26. The number of anilines is 8. The minimum absolute atomic E-state index is 1.04. The average molecular weight is 532 g/mol. The predicted octanol–water partition coefficient (Wildman–Crippen LogP) is 11.0. The van der Waals surface area contributed by atoms with E-state index in [-0.39, 0.29) is 0 Å². The molecule has 0 bridgehead atoms. The molecule has 6 aromatic carbocycles. The predicted molar refractivity (Wildman–Crippen MR) is 175 cm³/mol. The molecule has 0 unspecified atom stereocenters. The van der Waals surface area contributed by atoms with Crippen LogP contribution in [0.15, 0.2) is 158 Å². The van der Waals surface area contributed by atoms with Gasteiger partial charge in [-0.25, -0.2) is 0 Å². The Hall–Kier alpha value is -5.28. The molecule has 0 aromatic heterocycles. The molecule has 0 saturated heterocycles. The molecule has 0 fully saturated rings. The van der Waals surface area contributed by atoms with E-state index in [1.165, 1.54) is 11.1 Å². The molecular formula is C38H33N3. The van der Waals surface area contributed by atoms with Crippen molar-refractivity contribution >= 4 is 45.5 Å². The molecular weight excluding hydrogens is 498 g/mol. The zero-order chi connectivity index (χ0) is 28.0. The fourth-order valence-electron chi connectivity index (χ4n) is 5.14. The number of rotatable bonds is 8. The topological polar surface area (TPSA) is 18.5 Å². The van der Waals surface area contributed by atoms with Gasteiger partial charge in [-0.2, -0.15) is 0 Å². The lowest BCUT2D eigenvalue weighted by Gasteiger charge is -2.26. The van der Waals surface area contributed by atoms with Gasteiger partial charge in [0.25, 0.3) is 0 Å². The van der Waals surface area contributed by atoms with Crippen LogP contribution in [-0.2, 0) is 0 Å². The van der Waals surface area contributed by atoms with Gasteiger partial charge in [0.2, 0.25) is 0 Å². The highest BCUT2D eigenvalue weighted by molar-refractivity contribution is 5.80. The number of hydrogen-bond donors (Lipinski definition) is 1. The van der Waals surface area contributed by atoms with Gasteiger partial charge in [0, 0.05) is 45.5 Å². The number of para-hydroxylation sites is 2. The van der Waals surface area contributed by atoms with Crippen LogP contribution in [0.1, 0.15) is 11.1 Å². The van der Waals surface area contributed by atoms with Gasteiger partial charge in [-0.3, -0.25) is 0 Å². The van der Waals surface area contributed by atoms with Crippen molar-refractivity contribution in [3.63, 3.8) is 0 Å². The first kappa shape index (κ1) is 26.0. The summed E-state index contributed by atoms with van der Waals surface area (Å²) in [5.74, 6) is 0. The summed E-state index contributed by atoms with van der Waals surface area (Å²) in [4.78, 5) is 4.57. The van der Waals surface area contributed by atoms with Crippen molar-refractivity contribution in [2.45, 2.75) is 13.8 Å². The van der Waals surface area contributed by atoms with Crippen molar-refractivity contribution in [3.8, 4) is 0 Å². The fourth-order valence-corrected chi connectivity index (χ4v) is 5.14. The van der Waals surface area contributed by atoms with Crippen molar-refractivity contribution in [2.75, 3.05) is 15.1 Å². The second kappa shape index (κ2) is 11.8. The highest BCUT2D eigenvalue weighted by Crippen LogP contribution is 2.37. The SMILES string of the molecule is Cc1cccc(N(c2ccccc2)c2ccc(Nc3ccc(N(c4ccccc4)c4cccc(C)c4)cc3)cc2)c1. The van der Waals surface area contributed by atoms with Gasteiger partial charge in [0.15, 0.2) is 0 Å². The lowest BCUT2D eigenvalue weighted by molar-refractivity contribution is 1.27. The third kappa shape index (κ3) is 6.00. The smallest absolute Gasteiger partial charge is 0.0464 e. The molecule has 0 radical (unpaired) electrons. The molecule has 3 nitrogen and oxygen atoms in total. The molecule has 3 heteroatoms. The zero-order valence-corrected chi connectivity index (χ0v) is 23.4. The summed E-state index contributed by atoms with van der Waals surface area (Å²) in [5.41, 5.74) is 11.3. The molecule has 6 rings (SSSR count). The van der Waals surface area contributed by atoms with Crippen LogP contribution in [0.3, 0.4) is 0 Å². The summed E-state index contributed by atoms with van der Waals surface area (Å²) in [7, 11) is 0. The van der Waals surface area contributed by atoms with Crippen LogP contribution in [0.5, 0.6) is 0 Å². The normalized spacial score (nSPS) is 10.7. The van der Waals surface area contributed by atoms with Crippen LogP contribution in [0.4, 0.5) is 45.5 Å². The monoisotopic (exact) mass is 531 g/mol. The summed E-state index contributed by atoms with van der Waals surface area (Å²) in [5, 5.41) is 3.58. The van der Waals surface area contributed by atoms with E-state index < -0.39 is 0 Å². The van der Waals surface area contributed by atoms with Crippen molar-refractivity contribution in [1.29, 1.82) is 0 Å².